The molecule has 0 aromatic heterocycles. The van der Waals surface area contributed by atoms with Crippen molar-refractivity contribution in [3.63, 3.8) is 0 Å². The Morgan fingerprint density at radius 1 is 0.818 bits per heavy atom. The molecule has 3 rings (SSSR count). The number of ether oxygens (including phenoxy) is 3. The number of carbonyl (C=O) groups is 1. The number of benzene rings is 2. The number of Topliss-reactive ketones (excluding diaryl/α,β-unsaturated/α-hetero) is 1. The third kappa shape index (κ3) is 4.92. The molecule has 0 spiro atoms. The van der Waals surface area contributed by atoms with E-state index < -0.39 is 0 Å². The Morgan fingerprint density at radius 3 is 1.97 bits per heavy atom. The van der Waals surface area contributed by atoms with Crippen molar-refractivity contribution in [1.82, 2.24) is 0 Å². The molecular weight excluding hydrogens is 414 g/mol. The highest BCUT2D eigenvalue weighted by Gasteiger charge is 2.27. The fraction of sp³-hybridized carbons (Fsp3) is 0.393. The molecule has 0 atom stereocenters. The lowest BCUT2D eigenvalue weighted by atomic mass is 9.82. The molecule has 0 bridgehead atoms. The van der Waals surface area contributed by atoms with Gasteiger partial charge in [-0.1, -0.05) is 11.6 Å². The number of rotatable bonds is 6. The standard InChI is InChI=1S/C28H35NO4/c1-16(2)21-10-9-11-23(30)26(21)27(22-13-18(4)17(3)12-19(22)5)29-20-14-24(31-6)28(33-8)25(15-20)32-7/h12-15,29H,9-11H2,1-8H3/b27-26-. The van der Waals surface area contributed by atoms with Crippen molar-refractivity contribution < 1.29 is 19.0 Å². The van der Waals surface area contributed by atoms with Crippen molar-refractivity contribution in [1.29, 1.82) is 0 Å². The summed E-state index contributed by atoms with van der Waals surface area (Å²) >= 11 is 0. The average Bonchev–Trinajstić information content (AvgIpc) is 2.79. The molecule has 0 unspecified atom stereocenters. The number of ketones is 1. The van der Waals surface area contributed by atoms with Gasteiger partial charge in [0.15, 0.2) is 17.3 Å². The van der Waals surface area contributed by atoms with E-state index in [1.807, 2.05) is 12.1 Å². The van der Waals surface area contributed by atoms with Crippen LogP contribution in [0, 0.1) is 20.8 Å². The normalized spacial score (nSPS) is 15.3. The lowest BCUT2D eigenvalue weighted by Gasteiger charge is -2.26. The van der Waals surface area contributed by atoms with Crippen molar-refractivity contribution >= 4 is 17.2 Å². The maximum absolute atomic E-state index is 13.3. The highest BCUT2D eigenvalue weighted by molar-refractivity contribution is 6.09. The summed E-state index contributed by atoms with van der Waals surface area (Å²) in [6.07, 6.45) is 2.33. The summed E-state index contributed by atoms with van der Waals surface area (Å²) in [6, 6.07) is 8.08. The molecule has 33 heavy (non-hydrogen) atoms. The van der Waals surface area contributed by atoms with Gasteiger partial charge in [-0.3, -0.25) is 4.79 Å². The Hall–Kier alpha value is -3.21. The first-order valence-corrected chi connectivity index (χ1v) is 11.3. The Morgan fingerprint density at radius 2 is 1.42 bits per heavy atom. The summed E-state index contributed by atoms with van der Waals surface area (Å²) in [5, 5.41) is 3.58. The molecule has 1 aliphatic rings. The van der Waals surface area contributed by atoms with Crippen molar-refractivity contribution in [2.75, 3.05) is 26.6 Å². The SMILES string of the molecule is COc1cc(N/C(=C2\C(=O)CCCC2=C(C)C)c2cc(C)c(C)cc2C)cc(OC)c1OC. The van der Waals surface area contributed by atoms with Gasteiger partial charge < -0.3 is 19.5 Å². The van der Waals surface area contributed by atoms with Gasteiger partial charge in [-0.05, 0) is 75.8 Å². The first-order valence-electron chi connectivity index (χ1n) is 11.3. The van der Waals surface area contributed by atoms with Crippen LogP contribution in [0.15, 0.2) is 41.0 Å². The second-order valence-electron chi connectivity index (χ2n) is 8.80. The van der Waals surface area contributed by atoms with Crippen LogP contribution in [-0.4, -0.2) is 27.1 Å². The van der Waals surface area contributed by atoms with Gasteiger partial charge in [0, 0.05) is 35.4 Å². The number of aryl methyl sites for hydroxylation is 3. The van der Waals surface area contributed by atoms with Crippen molar-refractivity contribution in [2.45, 2.75) is 53.9 Å². The zero-order valence-electron chi connectivity index (χ0n) is 21.1. The van der Waals surface area contributed by atoms with Gasteiger partial charge in [0.1, 0.15) is 0 Å². The van der Waals surface area contributed by atoms with Crippen molar-refractivity contribution in [3.05, 3.63) is 63.2 Å². The smallest absolute Gasteiger partial charge is 0.203 e. The fourth-order valence-electron chi connectivity index (χ4n) is 4.43. The fourth-order valence-corrected chi connectivity index (χ4v) is 4.43. The first kappa shape index (κ1) is 24.4. The van der Waals surface area contributed by atoms with Crippen LogP contribution >= 0.6 is 0 Å². The van der Waals surface area contributed by atoms with Crippen LogP contribution in [0.25, 0.3) is 5.70 Å². The molecule has 0 aliphatic heterocycles. The predicted molar refractivity (Wildman–Crippen MR) is 135 cm³/mol. The number of hydrogen-bond acceptors (Lipinski definition) is 5. The zero-order valence-corrected chi connectivity index (χ0v) is 21.1. The third-order valence-electron chi connectivity index (χ3n) is 6.31. The van der Waals surface area contributed by atoms with E-state index in [1.165, 1.54) is 16.7 Å². The molecule has 0 saturated heterocycles. The molecule has 2 aromatic rings. The second-order valence-corrected chi connectivity index (χ2v) is 8.80. The monoisotopic (exact) mass is 449 g/mol. The first-order chi connectivity index (χ1) is 15.7. The summed E-state index contributed by atoms with van der Waals surface area (Å²) in [7, 11) is 4.78. The molecule has 0 heterocycles. The number of anilines is 1. The molecule has 5 nitrogen and oxygen atoms in total. The van der Waals surface area contributed by atoms with Gasteiger partial charge in [0.2, 0.25) is 5.75 Å². The number of methoxy groups -OCH3 is 3. The van der Waals surface area contributed by atoms with Crippen molar-refractivity contribution in [2.24, 2.45) is 0 Å². The van der Waals surface area contributed by atoms with Crippen molar-refractivity contribution in [3.8, 4) is 17.2 Å². The lowest BCUT2D eigenvalue weighted by Crippen LogP contribution is -2.18. The molecule has 176 valence electrons. The van der Waals surface area contributed by atoms with Crippen LogP contribution in [0.4, 0.5) is 5.69 Å². The zero-order chi connectivity index (χ0) is 24.3. The van der Waals surface area contributed by atoms with Crippen LogP contribution in [0.1, 0.15) is 55.4 Å². The minimum Gasteiger partial charge on any atom is -0.493 e. The Kier molecular flexibility index (Phi) is 7.52. The maximum atomic E-state index is 13.3. The molecule has 1 fully saturated rings. The van der Waals surface area contributed by atoms with Crippen LogP contribution in [-0.2, 0) is 4.79 Å². The highest BCUT2D eigenvalue weighted by Crippen LogP contribution is 2.42. The predicted octanol–water partition coefficient (Wildman–Crippen LogP) is 6.55. The molecular formula is C28H35NO4. The van der Waals surface area contributed by atoms with E-state index in [0.717, 1.165) is 46.5 Å². The maximum Gasteiger partial charge on any atom is 0.203 e. The third-order valence-corrected chi connectivity index (χ3v) is 6.31. The summed E-state index contributed by atoms with van der Waals surface area (Å²) in [5.74, 6) is 1.81. The lowest BCUT2D eigenvalue weighted by molar-refractivity contribution is -0.115. The Labute approximate surface area is 197 Å². The van der Waals surface area contributed by atoms with Gasteiger partial charge >= 0.3 is 0 Å². The summed E-state index contributed by atoms with van der Waals surface area (Å²) in [4.78, 5) is 13.3. The van der Waals surface area contributed by atoms with Crippen LogP contribution in [0.5, 0.6) is 17.2 Å². The molecule has 5 heteroatoms. The topological polar surface area (TPSA) is 56.8 Å². The van der Waals surface area contributed by atoms with E-state index in [2.05, 4.69) is 52.1 Å². The Bertz CT molecular complexity index is 1110. The molecule has 0 amide bonds. The highest BCUT2D eigenvalue weighted by atomic mass is 16.5. The minimum absolute atomic E-state index is 0.171. The summed E-state index contributed by atoms with van der Waals surface area (Å²) in [6.45, 7) is 10.5. The van der Waals surface area contributed by atoms with Gasteiger partial charge in [-0.25, -0.2) is 0 Å². The molecule has 0 radical (unpaired) electrons. The Balaban J connectivity index is 2.31. The largest absolute Gasteiger partial charge is 0.493 e. The number of allylic oxidation sites excluding steroid dienone is 3. The van der Waals surface area contributed by atoms with E-state index >= 15 is 0 Å². The van der Waals surface area contributed by atoms with E-state index in [0.29, 0.717) is 23.7 Å². The van der Waals surface area contributed by atoms with Gasteiger partial charge in [-0.2, -0.15) is 0 Å². The minimum atomic E-state index is 0.171. The van der Waals surface area contributed by atoms with Gasteiger partial charge in [0.05, 0.1) is 27.0 Å². The van der Waals surface area contributed by atoms with Gasteiger partial charge in [0.25, 0.3) is 0 Å². The van der Waals surface area contributed by atoms with Crippen LogP contribution in [0.2, 0.25) is 0 Å². The molecule has 1 saturated carbocycles. The van der Waals surface area contributed by atoms with Crippen LogP contribution < -0.4 is 19.5 Å². The summed E-state index contributed by atoms with van der Waals surface area (Å²) < 4.78 is 16.6. The number of nitrogens with one attached hydrogen (secondary N) is 1. The molecule has 2 aromatic carbocycles. The van der Waals surface area contributed by atoms with E-state index in [1.54, 1.807) is 21.3 Å². The second kappa shape index (κ2) is 10.2. The quantitative estimate of drug-likeness (QED) is 0.507. The van der Waals surface area contributed by atoms with Crippen LogP contribution in [0.3, 0.4) is 0 Å². The van der Waals surface area contributed by atoms with Gasteiger partial charge in [-0.15, -0.1) is 0 Å². The number of hydrogen-bond donors (Lipinski definition) is 1. The van der Waals surface area contributed by atoms with E-state index in [-0.39, 0.29) is 5.78 Å². The van der Waals surface area contributed by atoms with E-state index in [9.17, 15) is 4.79 Å². The summed E-state index contributed by atoms with van der Waals surface area (Å²) in [5.41, 5.74) is 9.21. The number of carbonyl (C=O) groups excluding carboxylic acids is 1. The van der Waals surface area contributed by atoms with E-state index in [4.69, 9.17) is 14.2 Å². The average molecular weight is 450 g/mol. The molecule has 1 N–H and O–H groups in total. The molecule has 1 aliphatic carbocycles.